The Bertz CT molecular complexity index is 3430. The summed E-state index contributed by atoms with van der Waals surface area (Å²) in [5, 5.41) is 1.11. The van der Waals surface area contributed by atoms with Gasteiger partial charge in [-0.2, -0.15) is 0 Å². The van der Waals surface area contributed by atoms with Crippen molar-refractivity contribution in [2.45, 2.75) is 0 Å². The molecule has 2 heterocycles. The van der Waals surface area contributed by atoms with Crippen LogP contribution in [0.2, 0.25) is 0 Å². The van der Waals surface area contributed by atoms with Crippen molar-refractivity contribution < 1.29 is 26.3 Å². The van der Waals surface area contributed by atoms with Crippen molar-refractivity contribution in [2.75, 3.05) is 0 Å². The van der Waals surface area contributed by atoms with Crippen molar-refractivity contribution in [1.29, 1.82) is 0 Å². The predicted molar refractivity (Wildman–Crippen MR) is 184 cm³/mol. The van der Waals surface area contributed by atoms with Crippen LogP contribution in [-0.2, 0) is 0 Å². The summed E-state index contributed by atoms with van der Waals surface area (Å²) < 4.78 is 145. The first-order valence-electron chi connectivity index (χ1n) is 21.7. The lowest BCUT2D eigenvalue weighted by Crippen LogP contribution is -2.00. The van der Waals surface area contributed by atoms with E-state index in [4.69, 9.17) is 23.6 Å². The highest BCUT2D eigenvalue weighted by Crippen LogP contribution is 2.38. The molecule has 0 saturated carbocycles. The summed E-state index contributed by atoms with van der Waals surface area (Å²) >= 11 is 0. The summed E-state index contributed by atoms with van der Waals surface area (Å²) in [4.78, 5) is 13.4. The molecular weight excluding hydrogens is 550 g/mol. The lowest BCUT2D eigenvalue weighted by atomic mass is 9.99. The maximum Gasteiger partial charge on any atom is 0.164 e. The highest BCUT2D eigenvalue weighted by atomic mass is 16.3. The molecule has 0 radical (unpaired) electrons. The zero-order valence-electron chi connectivity index (χ0n) is 38.9. The Balaban J connectivity index is 1.40. The van der Waals surface area contributed by atoms with Crippen LogP contribution in [0.1, 0.15) is 21.9 Å². The molecule has 0 aliphatic carbocycles. The number of furan rings is 1. The molecule has 0 amide bonds. The van der Waals surface area contributed by atoms with E-state index in [1.54, 1.807) is 6.07 Å². The minimum atomic E-state index is -0.742. The van der Waals surface area contributed by atoms with Crippen LogP contribution in [0, 0.1) is 0 Å². The van der Waals surface area contributed by atoms with E-state index in [1.807, 2.05) is 36.4 Å². The molecule has 0 unspecified atom stereocenters. The van der Waals surface area contributed by atoms with Gasteiger partial charge < -0.3 is 4.42 Å². The molecule has 0 N–H and O–H groups in total. The van der Waals surface area contributed by atoms with E-state index in [-0.39, 0.29) is 57.2 Å². The van der Waals surface area contributed by atoms with Crippen LogP contribution in [0.4, 0.5) is 0 Å². The maximum atomic E-state index is 9.28. The first-order valence-corrected chi connectivity index (χ1v) is 13.7. The van der Waals surface area contributed by atoms with Gasteiger partial charge in [0.1, 0.15) is 11.2 Å². The van der Waals surface area contributed by atoms with Gasteiger partial charge in [0, 0.05) is 27.5 Å². The van der Waals surface area contributed by atoms with E-state index >= 15 is 0 Å². The van der Waals surface area contributed by atoms with Crippen LogP contribution in [0.5, 0.6) is 0 Å². The lowest BCUT2D eigenvalue weighted by Gasteiger charge is -2.10. The van der Waals surface area contributed by atoms with E-state index in [0.717, 1.165) is 16.8 Å². The van der Waals surface area contributed by atoms with Crippen LogP contribution in [0.3, 0.4) is 0 Å². The summed E-state index contributed by atoms with van der Waals surface area (Å²) in [7, 11) is 0. The van der Waals surface area contributed by atoms with E-state index < -0.39 is 112 Å². The van der Waals surface area contributed by atoms with Gasteiger partial charge in [0.15, 0.2) is 17.5 Å². The highest BCUT2D eigenvalue weighted by molar-refractivity contribution is 6.12. The van der Waals surface area contributed by atoms with E-state index in [1.165, 1.54) is 6.07 Å². The fraction of sp³-hybridized carbons (Fsp3) is 0. The second kappa shape index (κ2) is 10.2. The molecule has 0 atom stereocenters. The number of nitrogens with zero attached hydrogens (tertiary/aromatic N) is 3. The molecule has 45 heavy (non-hydrogen) atoms. The first-order chi connectivity index (χ1) is 28.9. The number of benzene rings is 7. The van der Waals surface area contributed by atoms with Crippen LogP contribution in [0.15, 0.2) is 156 Å². The van der Waals surface area contributed by atoms with E-state index in [9.17, 15) is 2.74 Å². The van der Waals surface area contributed by atoms with Crippen molar-refractivity contribution >= 4 is 43.5 Å². The smallest absolute Gasteiger partial charge is 0.164 e. The average molecular weight is 592 g/mol. The fourth-order valence-corrected chi connectivity index (χ4v) is 5.21. The number of aromatic nitrogens is 3. The Labute approximate surface area is 281 Å². The van der Waals surface area contributed by atoms with Gasteiger partial charge in [-0.3, -0.25) is 0 Å². The fourth-order valence-electron chi connectivity index (χ4n) is 5.21. The summed E-state index contributed by atoms with van der Waals surface area (Å²) in [6, 6.07) is 6.15. The molecule has 0 fully saturated rings. The molecule has 4 nitrogen and oxygen atoms in total. The van der Waals surface area contributed by atoms with Gasteiger partial charge in [-0.25, -0.2) is 15.0 Å². The molecule has 0 spiro atoms. The normalized spacial score (nSPS) is 16.5. The molecule has 2 aromatic heterocycles. The standard InChI is InChI=1S/C41H25N3O/c1-2-11-28(12-3-1)39-42-40(33-20-18-27-10-5-7-14-30(27)24-33)44-41(43-39)35-15-8-16-36-38(35)34-22-21-32(25-37(34)45-36)31-19-17-26-9-4-6-13-29(26)23-31/h1-25H/i1D,2D,3D,5D,7D,10D,11D,12D,14D,15D,16D,18D,20D,21D,24D,25D. The summed E-state index contributed by atoms with van der Waals surface area (Å²) in [5.74, 6) is -1.60. The van der Waals surface area contributed by atoms with Crippen molar-refractivity contribution in [3.05, 3.63) is 151 Å². The van der Waals surface area contributed by atoms with E-state index in [2.05, 4.69) is 15.0 Å². The first kappa shape index (κ1) is 14.1. The zero-order valence-corrected chi connectivity index (χ0v) is 22.9. The van der Waals surface area contributed by atoms with Gasteiger partial charge in [-0.1, -0.05) is 121 Å². The third-order valence-corrected chi connectivity index (χ3v) is 7.31. The molecular formula is C41H25N3O. The molecule has 9 rings (SSSR count). The molecule has 0 aliphatic heterocycles. The van der Waals surface area contributed by atoms with Crippen molar-refractivity contribution in [1.82, 2.24) is 15.0 Å². The Morgan fingerprint density at radius 1 is 0.467 bits per heavy atom. The predicted octanol–water partition coefficient (Wildman–Crippen LogP) is 10.7. The molecule has 0 bridgehead atoms. The largest absolute Gasteiger partial charge is 0.456 e. The topological polar surface area (TPSA) is 51.8 Å². The average Bonchev–Trinajstić information content (AvgIpc) is 3.61. The van der Waals surface area contributed by atoms with Crippen LogP contribution in [-0.4, -0.2) is 15.0 Å². The van der Waals surface area contributed by atoms with Crippen molar-refractivity contribution in [3.63, 3.8) is 0 Å². The zero-order chi connectivity index (χ0) is 43.7. The van der Waals surface area contributed by atoms with Crippen molar-refractivity contribution in [3.8, 4) is 45.3 Å². The van der Waals surface area contributed by atoms with Gasteiger partial charge in [0.05, 0.1) is 21.9 Å². The monoisotopic (exact) mass is 591 g/mol. The third-order valence-electron chi connectivity index (χ3n) is 7.31. The summed E-state index contributed by atoms with van der Waals surface area (Å²) in [6.45, 7) is 0. The maximum absolute atomic E-state index is 9.28. The molecule has 210 valence electrons. The number of rotatable bonds is 4. The highest BCUT2D eigenvalue weighted by Gasteiger charge is 2.18. The molecule has 9 aromatic rings. The van der Waals surface area contributed by atoms with Gasteiger partial charge in [0.2, 0.25) is 0 Å². The van der Waals surface area contributed by atoms with Crippen LogP contribution in [0.25, 0.3) is 88.8 Å². The van der Waals surface area contributed by atoms with Gasteiger partial charge in [-0.05, 0) is 62.9 Å². The number of fused-ring (bicyclic) bond motifs is 5. The molecule has 4 heteroatoms. The van der Waals surface area contributed by atoms with Gasteiger partial charge in [-0.15, -0.1) is 0 Å². The number of hydrogen-bond donors (Lipinski definition) is 0. The minimum absolute atomic E-state index is 0.00900. The third kappa shape index (κ3) is 4.43. The summed E-state index contributed by atoms with van der Waals surface area (Å²) in [5.41, 5.74) is -0.618. The minimum Gasteiger partial charge on any atom is -0.456 e. The molecule has 0 saturated heterocycles. The second-order valence-electron chi connectivity index (χ2n) is 10.0. The van der Waals surface area contributed by atoms with Crippen molar-refractivity contribution in [2.24, 2.45) is 0 Å². The second-order valence-corrected chi connectivity index (χ2v) is 10.0. The summed E-state index contributed by atoms with van der Waals surface area (Å²) in [6.07, 6.45) is 0. The number of hydrogen-bond acceptors (Lipinski definition) is 4. The Kier molecular flexibility index (Phi) is 3.21. The van der Waals surface area contributed by atoms with E-state index in [0.29, 0.717) is 5.56 Å². The Hall–Kier alpha value is -6.13. The van der Waals surface area contributed by atoms with Gasteiger partial charge in [0.25, 0.3) is 0 Å². The lowest BCUT2D eigenvalue weighted by molar-refractivity contribution is 0.669. The SMILES string of the molecule is [2H]c1cc2c(oc3c([2H])cc([2H])c(-c4nc(-c5c([2H])c([2H])c([2H])c([2H])c5[2H])nc(-c5c([2H])c([2H])c6c([2H])c([2H])c([2H])c([2H])c6c5[2H])n4)c32)c([2H])c1-c1ccc2ccccc2c1. The Morgan fingerprint density at radius 3 is 2.13 bits per heavy atom. The Morgan fingerprint density at radius 2 is 1.24 bits per heavy atom. The quantitative estimate of drug-likeness (QED) is 0.204. The van der Waals surface area contributed by atoms with Gasteiger partial charge >= 0.3 is 0 Å². The van der Waals surface area contributed by atoms with Crippen LogP contribution < -0.4 is 0 Å². The molecule has 7 aromatic carbocycles. The molecule has 0 aliphatic rings. The van der Waals surface area contributed by atoms with Crippen LogP contribution >= 0.6 is 0 Å².